The van der Waals surface area contributed by atoms with Gasteiger partial charge in [-0.25, -0.2) is 0 Å². The molecule has 4 nitrogen and oxygen atoms in total. The Bertz CT molecular complexity index is 238. The number of ether oxygens (including phenoxy) is 1. The molecule has 1 rings (SSSR count). The van der Waals surface area contributed by atoms with Gasteiger partial charge in [0.2, 0.25) is 5.91 Å². The average molecular weight is 199 g/mol. The minimum absolute atomic E-state index is 0.00468. The van der Waals surface area contributed by atoms with Crippen LogP contribution in [0.2, 0.25) is 0 Å². The molecule has 0 aliphatic carbocycles. The van der Waals surface area contributed by atoms with Crippen LogP contribution in [0.3, 0.4) is 0 Å². The van der Waals surface area contributed by atoms with E-state index in [9.17, 15) is 9.59 Å². The largest absolute Gasteiger partial charge is 0.381 e. The molecule has 0 saturated carbocycles. The minimum atomic E-state index is -0.162. The van der Waals surface area contributed by atoms with E-state index >= 15 is 0 Å². The summed E-state index contributed by atoms with van der Waals surface area (Å²) < 4.78 is 5.13. The van der Waals surface area contributed by atoms with Crippen molar-refractivity contribution in [2.45, 2.75) is 26.0 Å². The van der Waals surface area contributed by atoms with Gasteiger partial charge in [0, 0.05) is 20.1 Å². The van der Waals surface area contributed by atoms with Crippen LogP contribution in [0.1, 0.15) is 13.8 Å². The lowest BCUT2D eigenvalue weighted by molar-refractivity contribution is -0.166. The molecule has 80 valence electrons. The van der Waals surface area contributed by atoms with Crippen LogP contribution in [0.4, 0.5) is 0 Å². The van der Waals surface area contributed by atoms with Gasteiger partial charge in [-0.15, -0.1) is 0 Å². The molecular weight excluding hydrogens is 182 g/mol. The third kappa shape index (κ3) is 1.54. The Balaban J connectivity index is 2.74. The summed E-state index contributed by atoms with van der Waals surface area (Å²) in [6.45, 7) is 3.69. The van der Waals surface area contributed by atoms with Gasteiger partial charge < -0.3 is 14.4 Å². The highest BCUT2D eigenvalue weighted by Gasteiger charge is 2.50. The van der Waals surface area contributed by atoms with Gasteiger partial charge in [0.15, 0.2) is 0 Å². The Kier molecular flexibility index (Phi) is 3.26. The standard InChI is InChI=1S/C10H17NO3/c1-6(5-12)9-8(7(2)14-4)10(13)11(9)3/h5-9H,1-4H3/t6-,7+,8+,9+/m0/s1. The van der Waals surface area contributed by atoms with Crippen LogP contribution in [0, 0.1) is 11.8 Å². The van der Waals surface area contributed by atoms with Crippen LogP contribution in [0.25, 0.3) is 0 Å². The van der Waals surface area contributed by atoms with E-state index in [0.29, 0.717) is 0 Å². The maximum Gasteiger partial charge on any atom is 0.230 e. The molecule has 0 aromatic carbocycles. The zero-order chi connectivity index (χ0) is 10.9. The molecule has 14 heavy (non-hydrogen) atoms. The van der Waals surface area contributed by atoms with Crippen LogP contribution < -0.4 is 0 Å². The maximum absolute atomic E-state index is 11.5. The fourth-order valence-electron chi connectivity index (χ4n) is 2.07. The molecule has 1 saturated heterocycles. The number of β-lactam (4-membered cyclic amide) rings is 1. The fraction of sp³-hybridized carbons (Fsp3) is 0.800. The van der Waals surface area contributed by atoms with Gasteiger partial charge in [-0.05, 0) is 6.92 Å². The van der Waals surface area contributed by atoms with Crippen LogP contribution >= 0.6 is 0 Å². The number of methoxy groups -OCH3 is 1. The number of carbonyl (C=O) groups excluding carboxylic acids is 2. The Morgan fingerprint density at radius 1 is 1.50 bits per heavy atom. The molecule has 1 amide bonds. The molecule has 0 radical (unpaired) electrons. The number of aldehydes is 1. The highest BCUT2D eigenvalue weighted by molar-refractivity contribution is 5.87. The molecule has 0 aromatic rings. The summed E-state index contributed by atoms with van der Waals surface area (Å²) in [5, 5.41) is 0. The zero-order valence-corrected chi connectivity index (χ0v) is 9.06. The number of likely N-dealkylation sites (tertiary alicyclic amines) is 1. The Morgan fingerprint density at radius 3 is 2.50 bits per heavy atom. The SMILES string of the molecule is CO[C@H](C)[C@H]1C(=O)N(C)[C@@H]1[C@@H](C)C=O. The highest BCUT2D eigenvalue weighted by atomic mass is 16.5. The molecule has 1 heterocycles. The summed E-state index contributed by atoms with van der Waals surface area (Å²) in [6.07, 6.45) is 0.772. The molecule has 0 unspecified atom stereocenters. The molecule has 1 aliphatic rings. The van der Waals surface area contributed by atoms with Gasteiger partial charge in [-0.2, -0.15) is 0 Å². The van der Waals surface area contributed by atoms with Crippen LogP contribution in [-0.4, -0.2) is 43.4 Å². The number of nitrogens with zero attached hydrogens (tertiary/aromatic N) is 1. The van der Waals surface area contributed by atoms with Crippen molar-refractivity contribution in [1.82, 2.24) is 4.90 Å². The number of hydrogen-bond acceptors (Lipinski definition) is 3. The van der Waals surface area contributed by atoms with Gasteiger partial charge in [-0.1, -0.05) is 6.92 Å². The predicted molar refractivity (Wildman–Crippen MR) is 51.7 cm³/mol. The second kappa shape index (κ2) is 4.09. The molecule has 1 aliphatic heterocycles. The molecule has 0 aromatic heterocycles. The zero-order valence-electron chi connectivity index (χ0n) is 9.06. The molecule has 0 N–H and O–H groups in total. The molecule has 0 spiro atoms. The van der Waals surface area contributed by atoms with E-state index in [-0.39, 0.29) is 29.9 Å². The average Bonchev–Trinajstić information content (AvgIpc) is 2.22. The maximum atomic E-state index is 11.5. The van der Waals surface area contributed by atoms with Crippen LogP contribution in [-0.2, 0) is 14.3 Å². The van der Waals surface area contributed by atoms with E-state index in [1.54, 1.807) is 19.1 Å². The van der Waals surface area contributed by atoms with Crippen molar-refractivity contribution in [2.75, 3.05) is 14.2 Å². The third-order valence-electron chi connectivity index (χ3n) is 3.08. The van der Waals surface area contributed by atoms with Crippen molar-refractivity contribution >= 4 is 12.2 Å². The summed E-state index contributed by atoms with van der Waals surface area (Å²) in [5.74, 6) is -0.219. The van der Waals surface area contributed by atoms with Crippen molar-refractivity contribution in [3.63, 3.8) is 0 Å². The molecule has 4 atom stereocenters. The highest BCUT2D eigenvalue weighted by Crippen LogP contribution is 2.33. The van der Waals surface area contributed by atoms with Crippen LogP contribution in [0.5, 0.6) is 0 Å². The second-order valence-electron chi connectivity index (χ2n) is 3.90. The predicted octanol–water partition coefficient (Wildman–Crippen LogP) is 0.313. The van der Waals surface area contributed by atoms with Gasteiger partial charge in [-0.3, -0.25) is 4.79 Å². The topological polar surface area (TPSA) is 46.6 Å². The smallest absolute Gasteiger partial charge is 0.230 e. The Morgan fingerprint density at radius 2 is 2.07 bits per heavy atom. The fourth-order valence-corrected chi connectivity index (χ4v) is 2.07. The lowest BCUT2D eigenvalue weighted by Gasteiger charge is -2.48. The molecule has 4 heteroatoms. The monoisotopic (exact) mass is 199 g/mol. The van der Waals surface area contributed by atoms with Gasteiger partial charge >= 0.3 is 0 Å². The van der Waals surface area contributed by atoms with E-state index in [1.807, 2.05) is 13.8 Å². The Labute approximate surface area is 84.2 Å². The van der Waals surface area contributed by atoms with Crippen molar-refractivity contribution < 1.29 is 14.3 Å². The van der Waals surface area contributed by atoms with E-state index in [2.05, 4.69) is 0 Å². The third-order valence-corrected chi connectivity index (χ3v) is 3.08. The van der Waals surface area contributed by atoms with Crippen molar-refractivity contribution in [1.29, 1.82) is 0 Å². The second-order valence-corrected chi connectivity index (χ2v) is 3.90. The lowest BCUT2D eigenvalue weighted by atomic mass is 9.77. The van der Waals surface area contributed by atoms with E-state index < -0.39 is 0 Å². The molecule has 0 bridgehead atoms. The van der Waals surface area contributed by atoms with Crippen molar-refractivity contribution in [3.05, 3.63) is 0 Å². The first-order valence-corrected chi connectivity index (χ1v) is 4.79. The normalized spacial score (nSPS) is 30.9. The van der Waals surface area contributed by atoms with Crippen molar-refractivity contribution in [3.8, 4) is 0 Å². The molecular formula is C10H17NO3. The summed E-state index contributed by atoms with van der Waals surface area (Å²) >= 11 is 0. The first kappa shape index (κ1) is 11.2. The van der Waals surface area contributed by atoms with E-state index in [4.69, 9.17) is 4.74 Å². The van der Waals surface area contributed by atoms with Gasteiger partial charge in [0.1, 0.15) is 6.29 Å². The first-order chi connectivity index (χ1) is 6.54. The summed E-state index contributed by atoms with van der Waals surface area (Å²) in [4.78, 5) is 23.8. The summed E-state index contributed by atoms with van der Waals surface area (Å²) in [7, 11) is 3.31. The first-order valence-electron chi connectivity index (χ1n) is 4.79. The number of carbonyl (C=O) groups is 2. The van der Waals surface area contributed by atoms with Crippen LogP contribution in [0.15, 0.2) is 0 Å². The number of hydrogen-bond donors (Lipinski definition) is 0. The number of rotatable bonds is 4. The summed E-state index contributed by atoms with van der Waals surface area (Å²) in [5.41, 5.74) is 0. The van der Waals surface area contributed by atoms with E-state index in [1.165, 1.54) is 0 Å². The quantitative estimate of drug-likeness (QED) is 0.483. The minimum Gasteiger partial charge on any atom is -0.381 e. The van der Waals surface area contributed by atoms with Crippen molar-refractivity contribution in [2.24, 2.45) is 11.8 Å². The Hall–Kier alpha value is -0.900. The van der Waals surface area contributed by atoms with Gasteiger partial charge in [0.25, 0.3) is 0 Å². The lowest BCUT2D eigenvalue weighted by Crippen LogP contribution is -2.65. The van der Waals surface area contributed by atoms with Gasteiger partial charge in [0.05, 0.1) is 18.1 Å². The summed E-state index contributed by atoms with van der Waals surface area (Å²) in [6, 6.07) is -0.00468. The molecule has 1 fully saturated rings. The number of amides is 1. The van der Waals surface area contributed by atoms with E-state index in [0.717, 1.165) is 6.29 Å².